The Hall–Kier alpha value is -3.15. The molecule has 150 valence electrons. The van der Waals surface area contributed by atoms with Crippen molar-refractivity contribution in [2.75, 3.05) is 18.9 Å². The molecular weight excluding hydrogens is 405 g/mol. The Labute approximate surface area is 156 Å². The van der Waals surface area contributed by atoms with Gasteiger partial charge in [-0.25, -0.2) is 0 Å². The number of alkyl halides is 3. The predicted octanol–water partition coefficient (Wildman–Crippen LogP) is 3.77. The van der Waals surface area contributed by atoms with Gasteiger partial charge in [-0.15, -0.1) is 0 Å². The molecule has 0 aliphatic rings. The quantitative estimate of drug-likeness (QED) is 0.650. The highest BCUT2D eigenvalue weighted by Crippen LogP contribution is 2.34. The zero-order valence-corrected chi connectivity index (χ0v) is 15.2. The summed E-state index contributed by atoms with van der Waals surface area (Å²) in [6.07, 6.45) is -4.72. The summed E-state index contributed by atoms with van der Waals surface area (Å²) < 4.78 is 84.6. The van der Waals surface area contributed by atoms with Crippen LogP contribution in [0.2, 0.25) is 0 Å². The van der Waals surface area contributed by atoms with Crippen LogP contribution >= 0.6 is 0 Å². The van der Waals surface area contributed by atoms with E-state index in [4.69, 9.17) is 13.9 Å². The summed E-state index contributed by atoms with van der Waals surface area (Å²) in [6.45, 7) is 0. The fourth-order valence-corrected chi connectivity index (χ4v) is 3.21. The molecule has 0 saturated carbocycles. The van der Waals surface area contributed by atoms with Crippen molar-refractivity contribution in [2.45, 2.75) is 11.3 Å². The summed E-state index contributed by atoms with van der Waals surface area (Å²) in [5.74, 6) is -0.890. The molecule has 0 fully saturated rings. The molecule has 0 unspecified atom stereocenters. The number of nitrogens with one attached hydrogen (secondary N) is 1. The molecule has 8 nitrogen and oxygen atoms in total. The van der Waals surface area contributed by atoms with Crippen LogP contribution in [0.15, 0.2) is 50.4 Å². The van der Waals surface area contributed by atoms with E-state index in [1.807, 2.05) is 0 Å². The van der Waals surface area contributed by atoms with Crippen molar-refractivity contribution in [3.63, 3.8) is 0 Å². The van der Waals surface area contributed by atoms with Gasteiger partial charge >= 0.3 is 6.18 Å². The predicted molar refractivity (Wildman–Crippen MR) is 89.6 cm³/mol. The first-order valence-corrected chi connectivity index (χ1v) is 9.01. The number of hydrogen-bond acceptors (Lipinski definition) is 7. The molecule has 0 bridgehead atoms. The Morgan fingerprint density at radius 2 is 1.82 bits per heavy atom. The maximum atomic E-state index is 12.6. The standard InChI is InChI=1S/C16H13F3N2O6S/c1-24-9-3-4-10(13(7-9)25-2)21-28(22,23)15-6-5-12(26-15)11-8-14(27-20-11)16(17,18)19/h3-8,21H,1-2H3. The first-order valence-electron chi connectivity index (χ1n) is 7.53. The molecule has 3 aromatic rings. The van der Waals surface area contributed by atoms with Crippen LogP contribution in [0.1, 0.15) is 5.76 Å². The minimum absolute atomic E-state index is 0.113. The Kier molecular flexibility index (Phi) is 4.98. The molecule has 0 aliphatic heterocycles. The molecule has 2 aromatic heterocycles. The van der Waals surface area contributed by atoms with E-state index in [0.717, 1.165) is 12.1 Å². The SMILES string of the molecule is COc1ccc(NS(=O)(=O)c2ccc(-c3cc(C(F)(F)F)on3)o2)c(OC)c1. The Balaban J connectivity index is 1.87. The van der Waals surface area contributed by atoms with Gasteiger partial charge in [-0.05, 0) is 24.3 Å². The molecule has 1 N–H and O–H groups in total. The summed E-state index contributed by atoms with van der Waals surface area (Å²) in [4.78, 5) is 0. The van der Waals surface area contributed by atoms with E-state index in [1.165, 1.54) is 32.4 Å². The summed E-state index contributed by atoms with van der Waals surface area (Å²) >= 11 is 0. The van der Waals surface area contributed by atoms with Crippen molar-refractivity contribution in [1.82, 2.24) is 5.16 Å². The molecule has 0 atom stereocenters. The lowest BCUT2D eigenvalue weighted by molar-refractivity contribution is -0.155. The second-order valence-electron chi connectivity index (χ2n) is 5.36. The van der Waals surface area contributed by atoms with E-state index < -0.39 is 27.1 Å². The van der Waals surface area contributed by atoms with E-state index in [-0.39, 0.29) is 22.9 Å². The lowest BCUT2D eigenvalue weighted by Gasteiger charge is -2.11. The van der Waals surface area contributed by atoms with Crippen molar-refractivity contribution >= 4 is 15.7 Å². The van der Waals surface area contributed by atoms with Gasteiger partial charge in [0.05, 0.1) is 19.9 Å². The molecule has 0 amide bonds. The molecule has 1 aromatic carbocycles. The van der Waals surface area contributed by atoms with E-state index >= 15 is 0 Å². The third kappa shape index (κ3) is 3.91. The Morgan fingerprint density at radius 3 is 2.43 bits per heavy atom. The molecule has 28 heavy (non-hydrogen) atoms. The van der Waals surface area contributed by atoms with Crippen LogP contribution in [0.5, 0.6) is 11.5 Å². The van der Waals surface area contributed by atoms with Crippen LogP contribution < -0.4 is 14.2 Å². The number of nitrogens with zero attached hydrogens (tertiary/aromatic N) is 1. The average Bonchev–Trinajstić information content (AvgIpc) is 3.31. The van der Waals surface area contributed by atoms with E-state index in [2.05, 4.69) is 14.4 Å². The van der Waals surface area contributed by atoms with Crippen molar-refractivity contribution < 1.29 is 40.0 Å². The van der Waals surface area contributed by atoms with E-state index in [9.17, 15) is 21.6 Å². The van der Waals surface area contributed by atoms with E-state index in [0.29, 0.717) is 11.8 Å². The zero-order chi connectivity index (χ0) is 20.5. The maximum absolute atomic E-state index is 12.6. The minimum Gasteiger partial charge on any atom is -0.497 e. The van der Waals surface area contributed by atoms with Crippen molar-refractivity contribution in [3.8, 4) is 23.0 Å². The summed E-state index contributed by atoms with van der Waals surface area (Å²) in [5, 5.41) is 2.71. The lowest BCUT2D eigenvalue weighted by Crippen LogP contribution is -2.12. The van der Waals surface area contributed by atoms with Crippen LogP contribution in [-0.4, -0.2) is 27.8 Å². The van der Waals surface area contributed by atoms with Gasteiger partial charge in [0.15, 0.2) is 5.76 Å². The number of ether oxygens (including phenoxy) is 2. The van der Waals surface area contributed by atoms with Gasteiger partial charge in [0, 0.05) is 12.1 Å². The average molecular weight is 418 g/mol. The monoisotopic (exact) mass is 418 g/mol. The number of sulfonamides is 1. The smallest absolute Gasteiger partial charge is 0.452 e. The fourth-order valence-electron chi connectivity index (χ4n) is 2.21. The van der Waals surface area contributed by atoms with Gasteiger partial charge in [0.25, 0.3) is 10.0 Å². The molecule has 0 radical (unpaired) electrons. The first kappa shape index (κ1) is 19.6. The number of rotatable bonds is 6. The van der Waals surface area contributed by atoms with Crippen molar-refractivity contribution in [1.29, 1.82) is 0 Å². The van der Waals surface area contributed by atoms with Crippen LogP contribution in [0, 0.1) is 0 Å². The van der Waals surface area contributed by atoms with Crippen LogP contribution in [0.4, 0.5) is 18.9 Å². The van der Waals surface area contributed by atoms with Gasteiger partial charge in [-0.3, -0.25) is 4.72 Å². The number of furan rings is 1. The third-order valence-electron chi connectivity index (χ3n) is 3.54. The topological polar surface area (TPSA) is 104 Å². The van der Waals surface area contributed by atoms with E-state index in [1.54, 1.807) is 0 Å². The van der Waals surface area contributed by atoms with Gasteiger partial charge in [0.1, 0.15) is 17.2 Å². The van der Waals surface area contributed by atoms with Gasteiger partial charge in [-0.1, -0.05) is 5.16 Å². The lowest BCUT2D eigenvalue weighted by atomic mass is 10.3. The highest BCUT2D eigenvalue weighted by molar-refractivity contribution is 7.92. The highest BCUT2D eigenvalue weighted by atomic mass is 32.2. The zero-order valence-electron chi connectivity index (χ0n) is 14.4. The fraction of sp³-hybridized carbons (Fsp3) is 0.188. The number of halogens is 3. The number of aromatic nitrogens is 1. The Bertz CT molecular complexity index is 1090. The highest BCUT2D eigenvalue weighted by Gasteiger charge is 2.36. The molecule has 0 spiro atoms. The van der Waals surface area contributed by atoms with Crippen molar-refractivity contribution in [3.05, 3.63) is 42.2 Å². The van der Waals surface area contributed by atoms with Crippen LogP contribution in [0.3, 0.4) is 0 Å². The largest absolute Gasteiger partial charge is 0.497 e. The maximum Gasteiger partial charge on any atom is 0.452 e. The summed E-state index contributed by atoms with van der Waals surface area (Å²) in [6, 6.07) is 7.26. The molecule has 2 heterocycles. The van der Waals surface area contributed by atoms with Gasteiger partial charge < -0.3 is 18.4 Å². The van der Waals surface area contributed by atoms with Crippen LogP contribution in [-0.2, 0) is 16.2 Å². The molecule has 0 saturated heterocycles. The minimum atomic E-state index is -4.72. The third-order valence-corrected chi connectivity index (χ3v) is 4.78. The summed E-state index contributed by atoms with van der Waals surface area (Å²) in [5.41, 5.74) is -0.183. The van der Waals surface area contributed by atoms with Crippen molar-refractivity contribution in [2.24, 2.45) is 0 Å². The number of hydrogen-bond donors (Lipinski definition) is 1. The van der Waals surface area contributed by atoms with Gasteiger partial charge in [-0.2, -0.15) is 21.6 Å². The van der Waals surface area contributed by atoms with Gasteiger partial charge in [0.2, 0.25) is 10.9 Å². The number of benzene rings is 1. The second kappa shape index (κ2) is 7.11. The Morgan fingerprint density at radius 1 is 1.07 bits per heavy atom. The first-order chi connectivity index (χ1) is 13.1. The normalized spacial score (nSPS) is 12.0. The molecule has 0 aliphatic carbocycles. The molecule has 12 heteroatoms. The molecule has 3 rings (SSSR count). The second-order valence-corrected chi connectivity index (χ2v) is 6.98. The summed E-state index contributed by atoms with van der Waals surface area (Å²) in [7, 11) is -1.40. The number of methoxy groups -OCH3 is 2. The van der Waals surface area contributed by atoms with Crippen LogP contribution in [0.25, 0.3) is 11.5 Å². The number of anilines is 1. The molecular formula is C16H13F3N2O6S.